The third-order valence-corrected chi connectivity index (χ3v) is 3.16. The van der Waals surface area contributed by atoms with Crippen LogP contribution in [-0.4, -0.2) is 0 Å². The Kier molecular flexibility index (Phi) is 4.12. The summed E-state index contributed by atoms with van der Waals surface area (Å²) in [6, 6.07) is 9.13. The van der Waals surface area contributed by atoms with Crippen molar-refractivity contribution in [2.24, 2.45) is 0 Å². The second kappa shape index (κ2) is 5.63. The summed E-state index contributed by atoms with van der Waals surface area (Å²) in [6.07, 6.45) is -2.65. The molecule has 0 bridgehead atoms. The molecule has 0 saturated carbocycles. The van der Waals surface area contributed by atoms with E-state index in [1.165, 1.54) is 18.2 Å². The number of anilines is 3. The second-order valence-electron chi connectivity index (χ2n) is 3.87. The first-order valence-corrected chi connectivity index (χ1v) is 6.13. The molecular formula is C13H10Cl2F2N2. The normalized spacial score (nSPS) is 10.8. The maximum Gasteiger partial charge on any atom is 0.265 e. The zero-order valence-corrected chi connectivity index (χ0v) is 11.1. The van der Waals surface area contributed by atoms with Crippen LogP contribution in [0.5, 0.6) is 0 Å². The highest BCUT2D eigenvalue weighted by Gasteiger charge is 2.15. The first kappa shape index (κ1) is 13.9. The van der Waals surface area contributed by atoms with Crippen molar-refractivity contribution in [2.45, 2.75) is 6.43 Å². The molecule has 19 heavy (non-hydrogen) atoms. The maximum atomic E-state index is 12.9. The molecule has 2 aromatic rings. The van der Waals surface area contributed by atoms with Gasteiger partial charge >= 0.3 is 0 Å². The van der Waals surface area contributed by atoms with Crippen LogP contribution in [0.2, 0.25) is 10.0 Å². The van der Waals surface area contributed by atoms with E-state index in [2.05, 4.69) is 5.32 Å². The number of nitrogen functional groups attached to an aromatic ring is 1. The van der Waals surface area contributed by atoms with Crippen molar-refractivity contribution in [2.75, 3.05) is 11.1 Å². The smallest absolute Gasteiger partial charge is 0.265 e. The quantitative estimate of drug-likeness (QED) is 0.759. The molecule has 0 atom stereocenters. The molecule has 6 heteroatoms. The van der Waals surface area contributed by atoms with Gasteiger partial charge in [0.1, 0.15) is 0 Å². The Morgan fingerprint density at radius 3 is 2.26 bits per heavy atom. The van der Waals surface area contributed by atoms with Crippen molar-refractivity contribution in [3.05, 3.63) is 52.0 Å². The van der Waals surface area contributed by atoms with Gasteiger partial charge in [0, 0.05) is 16.9 Å². The van der Waals surface area contributed by atoms with E-state index in [1.807, 2.05) is 0 Å². The minimum absolute atomic E-state index is 0.198. The standard InChI is InChI=1S/C13H10Cl2F2N2/c14-9-2-1-3-10(15)12(9)19-11-5-4-7(18)6-8(11)13(16)17/h1-6,13,19H,18H2. The number of nitrogens with two attached hydrogens (primary N) is 1. The van der Waals surface area contributed by atoms with Crippen LogP contribution in [-0.2, 0) is 0 Å². The van der Waals surface area contributed by atoms with E-state index in [9.17, 15) is 8.78 Å². The Morgan fingerprint density at radius 1 is 1.05 bits per heavy atom. The molecule has 0 aliphatic rings. The predicted molar refractivity (Wildman–Crippen MR) is 75.6 cm³/mol. The SMILES string of the molecule is Nc1ccc(Nc2c(Cl)cccc2Cl)c(C(F)F)c1. The molecule has 2 rings (SSSR count). The van der Waals surface area contributed by atoms with Gasteiger partial charge in [0.25, 0.3) is 6.43 Å². The Labute approximate surface area is 119 Å². The second-order valence-corrected chi connectivity index (χ2v) is 4.68. The fraction of sp³-hybridized carbons (Fsp3) is 0.0769. The minimum atomic E-state index is -2.65. The number of hydrogen-bond donors (Lipinski definition) is 2. The molecule has 100 valence electrons. The summed E-state index contributed by atoms with van der Waals surface area (Å²) in [5.41, 5.74) is 6.18. The molecule has 0 spiro atoms. The maximum absolute atomic E-state index is 12.9. The average Bonchev–Trinajstić information content (AvgIpc) is 2.35. The molecular weight excluding hydrogens is 293 g/mol. The molecule has 0 aromatic heterocycles. The van der Waals surface area contributed by atoms with E-state index in [1.54, 1.807) is 18.2 Å². The van der Waals surface area contributed by atoms with Crippen LogP contribution in [0.3, 0.4) is 0 Å². The highest BCUT2D eigenvalue weighted by molar-refractivity contribution is 6.39. The third kappa shape index (κ3) is 3.08. The molecule has 2 aromatic carbocycles. The van der Waals surface area contributed by atoms with Gasteiger partial charge in [0.2, 0.25) is 0 Å². The van der Waals surface area contributed by atoms with Gasteiger partial charge in [-0.05, 0) is 30.3 Å². The Bertz CT molecular complexity index is 583. The van der Waals surface area contributed by atoms with Crippen molar-refractivity contribution in [1.29, 1.82) is 0 Å². The number of rotatable bonds is 3. The van der Waals surface area contributed by atoms with Gasteiger partial charge in [-0.25, -0.2) is 8.78 Å². The van der Waals surface area contributed by atoms with Gasteiger partial charge < -0.3 is 11.1 Å². The number of hydrogen-bond acceptors (Lipinski definition) is 2. The summed E-state index contributed by atoms with van der Waals surface area (Å²) < 4.78 is 25.9. The van der Waals surface area contributed by atoms with Gasteiger partial charge in [-0.3, -0.25) is 0 Å². The molecule has 0 radical (unpaired) electrons. The summed E-state index contributed by atoms with van der Waals surface area (Å²) in [5.74, 6) is 0. The van der Waals surface area contributed by atoms with Gasteiger partial charge in [-0.15, -0.1) is 0 Å². The third-order valence-electron chi connectivity index (χ3n) is 2.53. The summed E-state index contributed by atoms with van der Waals surface area (Å²) >= 11 is 12.0. The van der Waals surface area contributed by atoms with Crippen LogP contribution >= 0.6 is 23.2 Å². The van der Waals surface area contributed by atoms with Crippen LogP contribution < -0.4 is 11.1 Å². The topological polar surface area (TPSA) is 38.0 Å². The molecule has 3 N–H and O–H groups in total. The van der Waals surface area contributed by atoms with E-state index in [-0.39, 0.29) is 16.9 Å². The van der Waals surface area contributed by atoms with Crippen molar-refractivity contribution in [3.8, 4) is 0 Å². The first-order chi connectivity index (χ1) is 8.99. The van der Waals surface area contributed by atoms with Crippen LogP contribution in [0.25, 0.3) is 0 Å². The summed E-state index contributed by atoms with van der Waals surface area (Å²) in [6.45, 7) is 0. The van der Waals surface area contributed by atoms with E-state index < -0.39 is 6.43 Å². The molecule has 0 amide bonds. The lowest BCUT2D eigenvalue weighted by atomic mass is 10.1. The van der Waals surface area contributed by atoms with Gasteiger partial charge in [0.15, 0.2) is 0 Å². The van der Waals surface area contributed by atoms with E-state index in [0.717, 1.165) is 0 Å². The van der Waals surface area contributed by atoms with Crippen molar-refractivity contribution in [1.82, 2.24) is 0 Å². The molecule has 2 nitrogen and oxygen atoms in total. The Balaban J connectivity index is 2.44. The van der Waals surface area contributed by atoms with Crippen LogP contribution in [0.4, 0.5) is 25.8 Å². The zero-order chi connectivity index (χ0) is 14.0. The van der Waals surface area contributed by atoms with Crippen molar-refractivity contribution in [3.63, 3.8) is 0 Å². The minimum Gasteiger partial charge on any atom is -0.399 e. The number of para-hydroxylation sites is 1. The number of alkyl halides is 2. The van der Waals surface area contributed by atoms with Gasteiger partial charge in [0.05, 0.1) is 15.7 Å². The van der Waals surface area contributed by atoms with Crippen molar-refractivity contribution < 1.29 is 8.78 Å². The van der Waals surface area contributed by atoms with E-state index >= 15 is 0 Å². The largest absolute Gasteiger partial charge is 0.399 e. The number of halogens is 4. The predicted octanol–water partition coefficient (Wildman–Crippen LogP) is 5.26. The van der Waals surface area contributed by atoms with Crippen LogP contribution in [0, 0.1) is 0 Å². The summed E-state index contributed by atoms with van der Waals surface area (Å²) in [4.78, 5) is 0. The van der Waals surface area contributed by atoms with Crippen LogP contribution in [0.15, 0.2) is 36.4 Å². The first-order valence-electron chi connectivity index (χ1n) is 5.37. The molecule has 0 saturated heterocycles. The van der Waals surface area contributed by atoms with Gasteiger partial charge in [-0.1, -0.05) is 29.3 Å². The monoisotopic (exact) mass is 302 g/mol. The summed E-state index contributed by atoms with van der Waals surface area (Å²) in [5, 5.41) is 3.52. The fourth-order valence-corrected chi connectivity index (χ4v) is 2.12. The summed E-state index contributed by atoms with van der Waals surface area (Å²) in [7, 11) is 0. The number of benzene rings is 2. The molecule has 0 aliphatic carbocycles. The van der Waals surface area contributed by atoms with E-state index in [0.29, 0.717) is 15.7 Å². The zero-order valence-electron chi connectivity index (χ0n) is 9.63. The lowest BCUT2D eigenvalue weighted by molar-refractivity contribution is 0.152. The van der Waals surface area contributed by atoms with Gasteiger partial charge in [-0.2, -0.15) is 0 Å². The lowest BCUT2D eigenvalue weighted by Crippen LogP contribution is -1.99. The van der Waals surface area contributed by atoms with Crippen molar-refractivity contribution >= 4 is 40.3 Å². The van der Waals surface area contributed by atoms with Crippen LogP contribution in [0.1, 0.15) is 12.0 Å². The average molecular weight is 303 g/mol. The highest BCUT2D eigenvalue weighted by atomic mass is 35.5. The molecule has 0 heterocycles. The highest BCUT2D eigenvalue weighted by Crippen LogP contribution is 2.36. The fourth-order valence-electron chi connectivity index (χ4n) is 1.63. The molecule has 0 unspecified atom stereocenters. The Morgan fingerprint density at radius 2 is 1.68 bits per heavy atom. The lowest BCUT2D eigenvalue weighted by Gasteiger charge is -2.14. The molecule has 0 fully saturated rings. The number of nitrogens with one attached hydrogen (secondary N) is 1. The Hall–Kier alpha value is -1.52. The van der Waals surface area contributed by atoms with E-state index in [4.69, 9.17) is 28.9 Å². The molecule has 0 aliphatic heterocycles.